The van der Waals surface area contributed by atoms with Gasteiger partial charge in [0.2, 0.25) is 0 Å². The molecule has 142 valence electrons. The maximum Gasteiger partial charge on any atom is 0.416 e. The predicted octanol–water partition coefficient (Wildman–Crippen LogP) is 4.95. The standard InChI is InChI=1S/C20H14F3N3O2/c21-20(22,23)15-7-5-13(6-8-15)11-26-17-4-2-1-3-16(17)18(25-26)24-19(27)14-9-10-28-12-14/h1-10,12H,11H2,(H,24,25,27). The summed E-state index contributed by atoms with van der Waals surface area (Å²) in [5.41, 5.74) is 1.08. The fourth-order valence-electron chi connectivity index (χ4n) is 2.89. The first kappa shape index (κ1) is 17.8. The predicted molar refractivity (Wildman–Crippen MR) is 96.9 cm³/mol. The molecule has 0 saturated carbocycles. The lowest BCUT2D eigenvalue weighted by Gasteiger charge is -2.08. The second kappa shape index (κ2) is 6.88. The van der Waals surface area contributed by atoms with Crippen LogP contribution in [0.15, 0.2) is 71.5 Å². The minimum Gasteiger partial charge on any atom is -0.472 e. The van der Waals surface area contributed by atoms with Gasteiger partial charge in [0.05, 0.1) is 29.5 Å². The highest BCUT2D eigenvalue weighted by Crippen LogP contribution is 2.29. The first-order valence-corrected chi connectivity index (χ1v) is 8.37. The SMILES string of the molecule is O=C(Nc1nn(Cc2ccc(C(F)(F)F)cc2)c2ccccc12)c1ccoc1. The summed E-state index contributed by atoms with van der Waals surface area (Å²) in [4.78, 5) is 12.3. The van der Waals surface area contributed by atoms with E-state index in [-0.39, 0.29) is 12.5 Å². The zero-order valence-corrected chi connectivity index (χ0v) is 14.4. The summed E-state index contributed by atoms with van der Waals surface area (Å²) < 4.78 is 44.7. The van der Waals surface area contributed by atoms with Gasteiger partial charge in [0, 0.05) is 5.39 Å². The number of anilines is 1. The number of carbonyl (C=O) groups is 1. The van der Waals surface area contributed by atoms with E-state index < -0.39 is 11.7 Å². The largest absolute Gasteiger partial charge is 0.472 e. The molecule has 0 unspecified atom stereocenters. The molecule has 2 heterocycles. The van der Waals surface area contributed by atoms with Crippen LogP contribution in [-0.2, 0) is 12.7 Å². The highest BCUT2D eigenvalue weighted by atomic mass is 19.4. The normalized spacial score (nSPS) is 11.7. The third kappa shape index (κ3) is 3.48. The molecule has 1 N–H and O–H groups in total. The van der Waals surface area contributed by atoms with Gasteiger partial charge < -0.3 is 9.73 Å². The van der Waals surface area contributed by atoms with Crippen LogP contribution in [0, 0.1) is 0 Å². The molecule has 0 atom stereocenters. The number of benzene rings is 2. The van der Waals surface area contributed by atoms with E-state index >= 15 is 0 Å². The molecule has 0 bridgehead atoms. The first-order valence-electron chi connectivity index (χ1n) is 8.37. The highest BCUT2D eigenvalue weighted by Gasteiger charge is 2.30. The molecule has 0 fully saturated rings. The van der Waals surface area contributed by atoms with Crippen molar-refractivity contribution in [2.75, 3.05) is 5.32 Å². The Labute approximate surface area is 157 Å². The van der Waals surface area contributed by atoms with Crippen molar-refractivity contribution in [2.24, 2.45) is 0 Å². The van der Waals surface area contributed by atoms with E-state index in [4.69, 9.17) is 4.42 Å². The van der Waals surface area contributed by atoms with Crippen molar-refractivity contribution < 1.29 is 22.4 Å². The van der Waals surface area contributed by atoms with Gasteiger partial charge >= 0.3 is 6.18 Å². The third-order valence-corrected chi connectivity index (χ3v) is 4.29. The van der Waals surface area contributed by atoms with E-state index in [9.17, 15) is 18.0 Å². The molecule has 2 aromatic heterocycles. The lowest BCUT2D eigenvalue weighted by Crippen LogP contribution is -2.12. The van der Waals surface area contributed by atoms with Crippen LogP contribution in [-0.4, -0.2) is 15.7 Å². The Morgan fingerprint density at radius 3 is 2.50 bits per heavy atom. The van der Waals surface area contributed by atoms with E-state index in [1.807, 2.05) is 24.3 Å². The summed E-state index contributed by atoms with van der Waals surface area (Å²) in [6, 6.07) is 13.8. The number of carbonyl (C=O) groups excluding carboxylic acids is 1. The Balaban J connectivity index is 1.63. The number of halogens is 3. The summed E-state index contributed by atoms with van der Waals surface area (Å²) in [6.45, 7) is 0.264. The fraction of sp³-hybridized carbons (Fsp3) is 0.100. The summed E-state index contributed by atoms with van der Waals surface area (Å²) in [6.07, 6.45) is -1.64. The van der Waals surface area contributed by atoms with Crippen LogP contribution < -0.4 is 5.32 Å². The molecule has 2 aromatic carbocycles. The second-order valence-corrected chi connectivity index (χ2v) is 6.18. The number of nitrogens with zero attached hydrogens (tertiary/aromatic N) is 2. The van der Waals surface area contributed by atoms with Gasteiger partial charge in [-0.2, -0.15) is 18.3 Å². The molecular formula is C20H14F3N3O2. The van der Waals surface area contributed by atoms with Gasteiger partial charge in [-0.15, -0.1) is 0 Å². The number of hydrogen-bond acceptors (Lipinski definition) is 3. The lowest BCUT2D eigenvalue weighted by molar-refractivity contribution is -0.137. The number of aromatic nitrogens is 2. The smallest absolute Gasteiger partial charge is 0.416 e. The van der Waals surface area contributed by atoms with E-state index in [1.165, 1.54) is 30.7 Å². The van der Waals surface area contributed by atoms with Crippen molar-refractivity contribution >= 4 is 22.6 Å². The lowest BCUT2D eigenvalue weighted by atomic mass is 10.1. The minimum atomic E-state index is -4.37. The van der Waals surface area contributed by atoms with Crippen LogP contribution >= 0.6 is 0 Å². The van der Waals surface area contributed by atoms with Crippen molar-refractivity contribution in [1.82, 2.24) is 9.78 Å². The van der Waals surface area contributed by atoms with Crippen LogP contribution in [0.4, 0.5) is 19.0 Å². The van der Waals surface area contributed by atoms with E-state index in [0.29, 0.717) is 16.9 Å². The maximum absolute atomic E-state index is 12.7. The van der Waals surface area contributed by atoms with Crippen LogP contribution in [0.1, 0.15) is 21.5 Å². The van der Waals surface area contributed by atoms with Crippen molar-refractivity contribution in [3.05, 3.63) is 83.8 Å². The number of fused-ring (bicyclic) bond motifs is 1. The molecule has 0 radical (unpaired) electrons. The number of amides is 1. The maximum atomic E-state index is 12.7. The van der Waals surface area contributed by atoms with Gasteiger partial charge in [-0.1, -0.05) is 24.3 Å². The summed E-state index contributed by atoms with van der Waals surface area (Å²) in [5, 5.41) is 7.91. The van der Waals surface area contributed by atoms with Gasteiger partial charge in [-0.3, -0.25) is 9.48 Å². The number of rotatable bonds is 4. The molecule has 0 saturated heterocycles. The topological polar surface area (TPSA) is 60.1 Å². The average Bonchev–Trinajstić information content (AvgIpc) is 3.31. The van der Waals surface area contributed by atoms with Crippen molar-refractivity contribution in [3.8, 4) is 0 Å². The summed E-state index contributed by atoms with van der Waals surface area (Å²) in [5.74, 6) is 0.00685. The van der Waals surface area contributed by atoms with Crippen LogP contribution in [0.3, 0.4) is 0 Å². The monoisotopic (exact) mass is 385 g/mol. The molecule has 4 rings (SSSR count). The molecule has 4 aromatic rings. The van der Waals surface area contributed by atoms with Gasteiger partial charge in [0.25, 0.3) is 5.91 Å². The first-order chi connectivity index (χ1) is 13.4. The van der Waals surface area contributed by atoms with Crippen LogP contribution in [0.2, 0.25) is 0 Å². The van der Waals surface area contributed by atoms with E-state index in [1.54, 1.807) is 4.68 Å². The van der Waals surface area contributed by atoms with Gasteiger partial charge in [-0.05, 0) is 35.9 Å². The van der Waals surface area contributed by atoms with Gasteiger partial charge in [0.15, 0.2) is 5.82 Å². The molecule has 0 aliphatic carbocycles. The van der Waals surface area contributed by atoms with Gasteiger partial charge in [0.1, 0.15) is 6.26 Å². The van der Waals surface area contributed by atoms with E-state index in [0.717, 1.165) is 23.0 Å². The second-order valence-electron chi connectivity index (χ2n) is 6.18. The Morgan fingerprint density at radius 2 is 1.82 bits per heavy atom. The van der Waals surface area contributed by atoms with Crippen molar-refractivity contribution in [3.63, 3.8) is 0 Å². The number of alkyl halides is 3. The zero-order valence-electron chi connectivity index (χ0n) is 14.4. The summed E-state index contributed by atoms with van der Waals surface area (Å²) in [7, 11) is 0. The number of para-hydroxylation sites is 1. The minimum absolute atomic E-state index is 0.264. The van der Waals surface area contributed by atoms with Gasteiger partial charge in [-0.25, -0.2) is 0 Å². The average molecular weight is 385 g/mol. The molecule has 28 heavy (non-hydrogen) atoms. The quantitative estimate of drug-likeness (QED) is 0.541. The molecule has 1 amide bonds. The molecular weight excluding hydrogens is 371 g/mol. The zero-order chi connectivity index (χ0) is 19.7. The molecule has 0 aliphatic heterocycles. The molecule has 5 nitrogen and oxygen atoms in total. The Morgan fingerprint density at radius 1 is 1.07 bits per heavy atom. The molecule has 0 spiro atoms. The Bertz CT molecular complexity index is 1110. The van der Waals surface area contributed by atoms with Crippen LogP contribution in [0.25, 0.3) is 10.9 Å². The molecule has 0 aliphatic rings. The number of nitrogens with one attached hydrogen (secondary N) is 1. The van der Waals surface area contributed by atoms with Crippen molar-refractivity contribution in [1.29, 1.82) is 0 Å². The third-order valence-electron chi connectivity index (χ3n) is 4.29. The van der Waals surface area contributed by atoms with Crippen LogP contribution in [0.5, 0.6) is 0 Å². The van der Waals surface area contributed by atoms with Crippen molar-refractivity contribution in [2.45, 2.75) is 12.7 Å². The highest BCUT2D eigenvalue weighted by molar-refractivity contribution is 6.07. The number of furan rings is 1. The Kier molecular flexibility index (Phi) is 4.38. The molecule has 8 heteroatoms. The van der Waals surface area contributed by atoms with E-state index in [2.05, 4.69) is 10.4 Å². The number of hydrogen-bond donors (Lipinski definition) is 1. The fourth-order valence-corrected chi connectivity index (χ4v) is 2.89. The summed E-state index contributed by atoms with van der Waals surface area (Å²) >= 11 is 0. The Hall–Kier alpha value is -3.55.